The molecule has 208 valence electrons. The molecule has 1 unspecified atom stereocenters. The smallest absolute Gasteiger partial charge is 0.464 e. The summed E-state index contributed by atoms with van der Waals surface area (Å²) >= 11 is 3.18. The van der Waals surface area contributed by atoms with Crippen molar-refractivity contribution in [2.45, 2.75) is 44.9 Å². The number of alkyl halides is 1. The van der Waals surface area contributed by atoms with E-state index >= 15 is 0 Å². The minimum absolute atomic E-state index is 0.0591. The predicted octanol–water partition coefficient (Wildman–Crippen LogP) is 1.79. The maximum atomic E-state index is 11.9. The molecule has 0 saturated carbocycles. The Kier molecular flexibility index (Phi) is 18.6. The predicted molar refractivity (Wildman–Crippen MR) is 127 cm³/mol. The Balaban J connectivity index is 3.60. The summed E-state index contributed by atoms with van der Waals surface area (Å²) in [6.07, 6.45) is -0.538. The van der Waals surface area contributed by atoms with Crippen LogP contribution in [0.4, 0.5) is 4.79 Å². The first kappa shape index (κ1) is 33.7. The van der Waals surface area contributed by atoms with Gasteiger partial charge < -0.3 is 28.4 Å². The fourth-order valence-electron chi connectivity index (χ4n) is 2.07. The van der Waals surface area contributed by atoms with Gasteiger partial charge in [-0.3, -0.25) is 24.0 Å². The second-order valence-corrected chi connectivity index (χ2v) is 9.72. The molecule has 13 nitrogen and oxygen atoms in total. The molecule has 0 aliphatic heterocycles. The second-order valence-electron chi connectivity index (χ2n) is 7.74. The van der Waals surface area contributed by atoms with Gasteiger partial charge >= 0.3 is 18.1 Å². The van der Waals surface area contributed by atoms with Crippen LogP contribution in [0.2, 0.25) is 0 Å². The molecular weight excluding hydrogens is 550 g/mol. The molecule has 0 radical (unpaired) electrons. The summed E-state index contributed by atoms with van der Waals surface area (Å²) in [6.45, 7) is 7.83. The number of hydrogen-bond acceptors (Lipinski definition) is 12. The zero-order valence-corrected chi connectivity index (χ0v) is 22.7. The quantitative estimate of drug-likeness (QED) is 0.0542. The van der Waals surface area contributed by atoms with E-state index in [2.05, 4.69) is 20.8 Å². The molecule has 2 amide bonds. The molecule has 0 saturated heterocycles. The first-order valence-electron chi connectivity index (χ1n) is 11.4. The van der Waals surface area contributed by atoms with E-state index in [9.17, 15) is 24.0 Å². The Bertz CT molecular complexity index is 682. The monoisotopic (exact) mass is 585 g/mol. The van der Waals surface area contributed by atoms with Crippen molar-refractivity contribution in [3.8, 4) is 0 Å². The molecule has 1 atom stereocenters. The van der Waals surface area contributed by atoms with E-state index < -0.39 is 34.2 Å². The standard InChI is InChI=1S/C22H36BrNO12/c1-5-6-18(26)24(16-25)36-21(29)34-14-12-32-10-8-30-7-9-31-11-13-33-19(27)17(2)15-35-20(28)22(3,4)23/h16-17H,5-15H2,1-4H3. The summed E-state index contributed by atoms with van der Waals surface area (Å²) in [5.41, 5.74) is 0. The Morgan fingerprint density at radius 3 is 1.83 bits per heavy atom. The van der Waals surface area contributed by atoms with Crippen LogP contribution in [-0.2, 0) is 52.4 Å². The SMILES string of the molecule is CCCC(=O)N(C=O)OC(=O)OCCOCCOCCOCCOC(=O)C(C)COC(=O)C(C)(C)Br. The van der Waals surface area contributed by atoms with E-state index in [0.717, 1.165) is 0 Å². The molecule has 36 heavy (non-hydrogen) atoms. The highest BCUT2D eigenvalue weighted by atomic mass is 79.9. The zero-order chi connectivity index (χ0) is 27.4. The highest BCUT2D eigenvalue weighted by molar-refractivity contribution is 9.10. The average Bonchev–Trinajstić information content (AvgIpc) is 2.82. The van der Waals surface area contributed by atoms with Crippen LogP contribution in [0.5, 0.6) is 0 Å². The van der Waals surface area contributed by atoms with Gasteiger partial charge in [0.05, 0.1) is 45.6 Å². The molecule has 0 N–H and O–H groups in total. The third-order valence-electron chi connectivity index (χ3n) is 3.99. The van der Waals surface area contributed by atoms with Gasteiger partial charge in [-0.1, -0.05) is 22.9 Å². The first-order chi connectivity index (χ1) is 17.0. The van der Waals surface area contributed by atoms with E-state index in [4.69, 9.17) is 28.4 Å². The van der Waals surface area contributed by atoms with E-state index in [1.807, 2.05) is 0 Å². The molecule has 0 aromatic carbocycles. The minimum atomic E-state index is -1.19. The first-order valence-corrected chi connectivity index (χ1v) is 12.2. The summed E-state index contributed by atoms with van der Waals surface area (Å²) < 4.78 is 29.8. The number of imide groups is 1. The Labute approximate surface area is 219 Å². The number of carbonyl (C=O) groups is 5. The molecule has 0 fully saturated rings. The largest absolute Gasteiger partial charge is 0.534 e. The molecule has 0 rings (SSSR count). The number of hydroxylamine groups is 2. The summed E-state index contributed by atoms with van der Waals surface area (Å²) in [5, 5.41) is 0.291. The third kappa shape index (κ3) is 17.2. The van der Waals surface area contributed by atoms with Crippen LogP contribution >= 0.6 is 15.9 Å². The van der Waals surface area contributed by atoms with Gasteiger partial charge in [0.25, 0.3) is 12.3 Å². The zero-order valence-electron chi connectivity index (χ0n) is 21.2. The molecule has 0 bridgehead atoms. The lowest BCUT2D eigenvalue weighted by molar-refractivity contribution is -0.176. The number of amides is 2. The van der Waals surface area contributed by atoms with Crippen LogP contribution in [0.15, 0.2) is 0 Å². The van der Waals surface area contributed by atoms with Crippen LogP contribution in [0.25, 0.3) is 0 Å². The summed E-state index contributed by atoms with van der Waals surface area (Å²) in [4.78, 5) is 61.6. The second kappa shape index (κ2) is 19.8. The van der Waals surface area contributed by atoms with Crippen LogP contribution in [0.1, 0.15) is 40.5 Å². The third-order valence-corrected chi connectivity index (χ3v) is 4.32. The van der Waals surface area contributed by atoms with Crippen molar-refractivity contribution in [2.24, 2.45) is 5.92 Å². The number of nitrogens with zero attached hydrogens (tertiary/aromatic N) is 1. The fraction of sp³-hybridized carbons (Fsp3) is 0.773. The number of ether oxygens (including phenoxy) is 6. The summed E-state index contributed by atoms with van der Waals surface area (Å²) in [5.74, 6) is -2.19. The lowest BCUT2D eigenvalue weighted by atomic mass is 10.2. The molecule has 14 heteroatoms. The Morgan fingerprint density at radius 1 is 0.861 bits per heavy atom. The molecule has 0 aliphatic rings. The number of esters is 2. The van der Waals surface area contributed by atoms with Crippen LogP contribution < -0.4 is 0 Å². The lowest BCUT2D eigenvalue weighted by Crippen LogP contribution is -2.32. The van der Waals surface area contributed by atoms with Crippen molar-refractivity contribution in [1.82, 2.24) is 5.06 Å². The van der Waals surface area contributed by atoms with Gasteiger partial charge in [-0.2, -0.15) is 0 Å². The Hall–Kier alpha value is -2.29. The highest BCUT2D eigenvalue weighted by Crippen LogP contribution is 2.18. The molecular formula is C22H36BrNO12. The van der Waals surface area contributed by atoms with Crippen molar-refractivity contribution in [2.75, 3.05) is 59.5 Å². The average molecular weight is 586 g/mol. The van der Waals surface area contributed by atoms with Gasteiger partial charge in [-0.25, -0.2) is 4.79 Å². The minimum Gasteiger partial charge on any atom is -0.464 e. The van der Waals surface area contributed by atoms with E-state index in [1.54, 1.807) is 27.7 Å². The Morgan fingerprint density at radius 2 is 1.36 bits per heavy atom. The molecule has 0 aromatic heterocycles. The van der Waals surface area contributed by atoms with E-state index in [0.29, 0.717) is 18.1 Å². The fourth-order valence-corrected chi connectivity index (χ4v) is 2.19. The van der Waals surface area contributed by atoms with Crippen LogP contribution in [0, 0.1) is 5.92 Å². The van der Waals surface area contributed by atoms with Crippen LogP contribution in [-0.4, -0.2) is 99.3 Å². The lowest BCUT2D eigenvalue weighted by Gasteiger charge is -2.17. The highest BCUT2D eigenvalue weighted by Gasteiger charge is 2.27. The number of rotatable bonds is 19. The molecule has 0 spiro atoms. The summed E-state index contributed by atoms with van der Waals surface area (Å²) in [7, 11) is 0. The van der Waals surface area contributed by atoms with Crippen molar-refractivity contribution < 1.29 is 57.2 Å². The number of hydrogen-bond donors (Lipinski definition) is 0. The van der Waals surface area contributed by atoms with Crippen LogP contribution in [0.3, 0.4) is 0 Å². The molecule has 0 aromatic rings. The van der Waals surface area contributed by atoms with Gasteiger partial charge in [0.2, 0.25) is 0 Å². The van der Waals surface area contributed by atoms with Crippen molar-refractivity contribution in [3.63, 3.8) is 0 Å². The topological polar surface area (TPSA) is 153 Å². The van der Waals surface area contributed by atoms with Crippen molar-refractivity contribution in [3.05, 3.63) is 0 Å². The van der Waals surface area contributed by atoms with Gasteiger partial charge in [0, 0.05) is 6.42 Å². The van der Waals surface area contributed by atoms with Crippen molar-refractivity contribution >= 4 is 46.3 Å². The van der Waals surface area contributed by atoms with Gasteiger partial charge in [0.15, 0.2) is 0 Å². The maximum Gasteiger partial charge on any atom is 0.534 e. The maximum absolute atomic E-state index is 11.9. The van der Waals surface area contributed by atoms with Gasteiger partial charge in [0.1, 0.15) is 24.1 Å². The van der Waals surface area contributed by atoms with Gasteiger partial charge in [-0.05, 0) is 27.2 Å². The van der Waals surface area contributed by atoms with E-state index in [1.165, 1.54) is 0 Å². The van der Waals surface area contributed by atoms with Crippen molar-refractivity contribution in [1.29, 1.82) is 0 Å². The number of carbonyl (C=O) groups excluding carboxylic acids is 5. The molecule has 0 aliphatic carbocycles. The van der Waals surface area contributed by atoms with E-state index in [-0.39, 0.29) is 65.7 Å². The molecule has 0 heterocycles. The number of halogens is 1. The van der Waals surface area contributed by atoms with Gasteiger partial charge in [-0.15, -0.1) is 5.06 Å². The normalized spacial score (nSPS) is 11.8. The summed E-state index contributed by atoms with van der Waals surface area (Å²) in [6, 6.07) is 0.